The Balaban J connectivity index is 1.87. The fraction of sp³-hybridized carbons (Fsp3) is 0.263. The van der Waals surface area contributed by atoms with E-state index in [9.17, 15) is 19.7 Å². The molecular weight excluding hydrogens is 350 g/mol. The lowest BCUT2D eigenvalue weighted by Crippen LogP contribution is -2.40. The average molecular weight is 369 g/mol. The molecule has 0 radical (unpaired) electrons. The molecule has 1 saturated heterocycles. The zero-order valence-electron chi connectivity index (χ0n) is 15.0. The summed E-state index contributed by atoms with van der Waals surface area (Å²) in [7, 11) is 0. The van der Waals surface area contributed by atoms with Gasteiger partial charge in [-0.25, -0.2) is 4.79 Å². The molecular formula is C19H19N3O5. The summed E-state index contributed by atoms with van der Waals surface area (Å²) >= 11 is 0. The monoisotopic (exact) mass is 369 g/mol. The average Bonchev–Trinajstić information content (AvgIpc) is 2.87. The number of nitrogens with zero attached hydrogens (tertiary/aromatic N) is 2. The van der Waals surface area contributed by atoms with Crippen molar-refractivity contribution >= 4 is 17.6 Å². The molecule has 1 aliphatic heterocycles. The van der Waals surface area contributed by atoms with Gasteiger partial charge < -0.3 is 10.1 Å². The number of hydrogen-bond acceptors (Lipinski definition) is 5. The molecule has 1 atom stereocenters. The number of carbonyl (C=O) groups is 2. The Kier molecular flexibility index (Phi) is 4.81. The number of rotatable bonds is 6. The Labute approximate surface area is 155 Å². The van der Waals surface area contributed by atoms with Crippen LogP contribution in [0.4, 0.5) is 10.5 Å². The van der Waals surface area contributed by atoms with Crippen molar-refractivity contribution in [3.8, 4) is 5.75 Å². The van der Waals surface area contributed by atoms with Crippen molar-refractivity contribution in [2.75, 3.05) is 6.61 Å². The van der Waals surface area contributed by atoms with E-state index in [0.29, 0.717) is 17.9 Å². The number of nitro groups is 1. The highest BCUT2D eigenvalue weighted by Gasteiger charge is 2.49. The van der Waals surface area contributed by atoms with E-state index in [2.05, 4.69) is 5.32 Å². The second-order valence-electron chi connectivity index (χ2n) is 6.29. The molecule has 0 spiro atoms. The third-order valence-corrected chi connectivity index (χ3v) is 4.53. The highest BCUT2D eigenvalue weighted by molar-refractivity contribution is 6.07. The molecule has 3 amide bonds. The molecule has 3 rings (SSSR count). The van der Waals surface area contributed by atoms with Crippen molar-refractivity contribution in [2.45, 2.75) is 25.9 Å². The predicted molar refractivity (Wildman–Crippen MR) is 97.1 cm³/mol. The van der Waals surface area contributed by atoms with Gasteiger partial charge in [0.25, 0.3) is 11.6 Å². The normalized spacial score (nSPS) is 19.1. The van der Waals surface area contributed by atoms with Gasteiger partial charge in [-0.1, -0.05) is 18.2 Å². The van der Waals surface area contributed by atoms with Gasteiger partial charge in [-0.05, 0) is 37.6 Å². The summed E-state index contributed by atoms with van der Waals surface area (Å²) in [5.74, 6) is 0.192. The van der Waals surface area contributed by atoms with Crippen molar-refractivity contribution in [1.82, 2.24) is 10.2 Å². The van der Waals surface area contributed by atoms with Crippen molar-refractivity contribution in [2.24, 2.45) is 0 Å². The Hall–Kier alpha value is -3.42. The maximum atomic E-state index is 13.0. The summed E-state index contributed by atoms with van der Waals surface area (Å²) < 4.78 is 5.56. The lowest BCUT2D eigenvalue weighted by molar-refractivity contribution is -0.384. The van der Waals surface area contributed by atoms with Crippen LogP contribution in [0.25, 0.3) is 0 Å². The first-order valence-electron chi connectivity index (χ1n) is 8.46. The van der Waals surface area contributed by atoms with Crippen LogP contribution in [0.15, 0.2) is 48.5 Å². The van der Waals surface area contributed by atoms with Gasteiger partial charge in [0.15, 0.2) is 0 Å². The van der Waals surface area contributed by atoms with Gasteiger partial charge in [-0.3, -0.25) is 19.8 Å². The van der Waals surface area contributed by atoms with Gasteiger partial charge in [0.1, 0.15) is 11.3 Å². The number of para-hydroxylation sites is 1. The number of imide groups is 1. The molecule has 1 unspecified atom stereocenters. The zero-order valence-corrected chi connectivity index (χ0v) is 15.0. The maximum absolute atomic E-state index is 13.0. The summed E-state index contributed by atoms with van der Waals surface area (Å²) in [4.78, 5) is 36.9. The Morgan fingerprint density at radius 3 is 2.44 bits per heavy atom. The van der Waals surface area contributed by atoms with E-state index >= 15 is 0 Å². The Morgan fingerprint density at radius 1 is 1.15 bits per heavy atom. The summed E-state index contributed by atoms with van der Waals surface area (Å²) in [6.45, 7) is 3.99. The number of amides is 3. The molecule has 0 bridgehead atoms. The van der Waals surface area contributed by atoms with Crippen LogP contribution in [-0.4, -0.2) is 28.4 Å². The molecule has 27 heavy (non-hydrogen) atoms. The van der Waals surface area contributed by atoms with Gasteiger partial charge >= 0.3 is 6.03 Å². The molecule has 1 aliphatic rings. The molecule has 0 aliphatic carbocycles. The Bertz CT molecular complexity index is 896. The van der Waals surface area contributed by atoms with Crippen LogP contribution >= 0.6 is 0 Å². The van der Waals surface area contributed by atoms with Crippen LogP contribution in [-0.2, 0) is 16.9 Å². The molecule has 8 heteroatoms. The number of non-ortho nitro benzene ring substituents is 1. The fourth-order valence-corrected chi connectivity index (χ4v) is 3.05. The summed E-state index contributed by atoms with van der Waals surface area (Å²) in [5, 5.41) is 13.5. The first-order chi connectivity index (χ1) is 12.9. The molecule has 2 aromatic rings. The van der Waals surface area contributed by atoms with E-state index in [-0.39, 0.29) is 12.2 Å². The predicted octanol–water partition coefficient (Wildman–Crippen LogP) is 2.96. The molecule has 1 N–H and O–H groups in total. The highest BCUT2D eigenvalue weighted by Crippen LogP contribution is 2.32. The lowest BCUT2D eigenvalue weighted by Gasteiger charge is -2.22. The van der Waals surface area contributed by atoms with Crippen LogP contribution in [0.1, 0.15) is 25.0 Å². The van der Waals surface area contributed by atoms with Crippen molar-refractivity contribution < 1.29 is 19.2 Å². The molecule has 0 aromatic heterocycles. The van der Waals surface area contributed by atoms with E-state index in [0.717, 1.165) is 10.5 Å². The van der Waals surface area contributed by atoms with E-state index in [1.807, 2.05) is 19.1 Å². The second kappa shape index (κ2) is 7.06. The number of carbonyl (C=O) groups excluding carboxylic acids is 2. The van der Waals surface area contributed by atoms with Crippen molar-refractivity contribution in [3.05, 3.63) is 69.8 Å². The number of ether oxygens (including phenoxy) is 1. The maximum Gasteiger partial charge on any atom is 0.325 e. The van der Waals surface area contributed by atoms with Crippen LogP contribution < -0.4 is 10.1 Å². The number of nitro benzene ring substituents is 1. The molecule has 0 saturated carbocycles. The van der Waals surface area contributed by atoms with Crippen molar-refractivity contribution in [3.63, 3.8) is 0 Å². The molecule has 140 valence electrons. The molecule has 1 heterocycles. The SMILES string of the molecule is CCOc1ccccc1CN1C(=O)NC(C)(c2ccc([N+](=O)[O-])cc2)C1=O. The standard InChI is InChI=1S/C19H19N3O5/c1-3-27-16-7-5-4-6-13(16)12-21-17(23)19(2,20-18(21)24)14-8-10-15(11-9-14)22(25)26/h4-11H,3,12H2,1-2H3,(H,20,24). The Morgan fingerprint density at radius 2 is 1.81 bits per heavy atom. The van der Waals surface area contributed by atoms with Crippen LogP contribution in [0.5, 0.6) is 5.75 Å². The van der Waals surface area contributed by atoms with E-state index in [1.54, 1.807) is 19.1 Å². The summed E-state index contributed by atoms with van der Waals surface area (Å²) in [6.07, 6.45) is 0. The first-order valence-corrected chi connectivity index (χ1v) is 8.46. The largest absolute Gasteiger partial charge is 0.494 e. The van der Waals surface area contributed by atoms with Crippen molar-refractivity contribution in [1.29, 1.82) is 0 Å². The van der Waals surface area contributed by atoms with E-state index in [1.165, 1.54) is 24.3 Å². The van der Waals surface area contributed by atoms with Gasteiger partial charge in [-0.15, -0.1) is 0 Å². The minimum atomic E-state index is -1.28. The third kappa shape index (κ3) is 3.33. The highest BCUT2D eigenvalue weighted by atomic mass is 16.6. The second-order valence-corrected chi connectivity index (χ2v) is 6.29. The zero-order chi connectivity index (χ0) is 19.6. The lowest BCUT2D eigenvalue weighted by atomic mass is 9.92. The molecule has 8 nitrogen and oxygen atoms in total. The van der Waals surface area contributed by atoms with Crippen LogP contribution in [0, 0.1) is 10.1 Å². The van der Waals surface area contributed by atoms with Gasteiger partial charge in [0.05, 0.1) is 18.1 Å². The van der Waals surface area contributed by atoms with Crippen LogP contribution in [0.2, 0.25) is 0 Å². The smallest absolute Gasteiger partial charge is 0.325 e. The minimum absolute atomic E-state index is 0.0728. The molecule has 1 fully saturated rings. The van der Waals surface area contributed by atoms with E-state index < -0.39 is 22.4 Å². The van der Waals surface area contributed by atoms with Gasteiger partial charge in [0.2, 0.25) is 0 Å². The molecule has 2 aromatic carbocycles. The quantitative estimate of drug-likeness (QED) is 0.479. The van der Waals surface area contributed by atoms with Gasteiger partial charge in [0, 0.05) is 17.7 Å². The number of urea groups is 1. The number of hydrogen-bond donors (Lipinski definition) is 1. The minimum Gasteiger partial charge on any atom is -0.494 e. The summed E-state index contributed by atoms with van der Waals surface area (Å²) in [5.41, 5.74) is -0.170. The number of nitrogens with one attached hydrogen (secondary N) is 1. The topological polar surface area (TPSA) is 102 Å². The number of benzene rings is 2. The first kappa shape index (κ1) is 18.4. The van der Waals surface area contributed by atoms with Crippen LogP contribution in [0.3, 0.4) is 0 Å². The van der Waals surface area contributed by atoms with E-state index in [4.69, 9.17) is 4.74 Å². The van der Waals surface area contributed by atoms with Gasteiger partial charge in [-0.2, -0.15) is 0 Å². The summed E-state index contributed by atoms with van der Waals surface area (Å²) in [6, 6.07) is 12.3. The third-order valence-electron chi connectivity index (χ3n) is 4.53. The fourth-order valence-electron chi connectivity index (χ4n) is 3.05.